The van der Waals surface area contributed by atoms with Gasteiger partial charge in [-0.15, -0.1) is 23.7 Å². The fourth-order valence-corrected chi connectivity index (χ4v) is 3.65. The van der Waals surface area contributed by atoms with Gasteiger partial charge in [-0.05, 0) is 32.0 Å². The lowest BCUT2D eigenvalue weighted by atomic mass is 10.0. The first kappa shape index (κ1) is 17.7. The molecule has 0 unspecified atom stereocenters. The molecule has 0 radical (unpaired) electrons. The molecule has 1 saturated heterocycles. The topological polar surface area (TPSA) is 43.8 Å². The van der Waals surface area contributed by atoms with Crippen molar-refractivity contribution >= 4 is 41.3 Å². The van der Waals surface area contributed by atoms with Crippen LogP contribution in [0.5, 0.6) is 0 Å². The zero-order valence-electron chi connectivity index (χ0n) is 11.4. The van der Waals surface area contributed by atoms with E-state index in [0.717, 1.165) is 36.8 Å². The number of hydrogen-bond acceptors (Lipinski definition) is 4. The predicted molar refractivity (Wildman–Crippen MR) is 85.1 cm³/mol. The molecule has 0 atom stereocenters. The minimum absolute atomic E-state index is 0. The van der Waals surface area contributed by atoms with Crippen LogP contribution in [0.25, 0.3) is 0 Å². The Morgan fingerprint density at radius 1 is 1.50 bits per heavy atom. The van der Waals surface area contributed by atoms with Gasteiger partial charge in [-0.3, -0.25) is 14.6 Å². The zero-order chi connectivity index (χ0) is 13.8. The molecule has 7 heteroatoms. The van der Waals surface area contributed by atoms with Gasteiger partial charge < -0.3 is 5.11 Å². The number of carboxylic acid groups (broad SMARTS) is 1. The highest BCUT2D eigenvalue weighted by Gasteiger charge is 2.23. The van der Waals surface area contributed by atoms with E-state index in [-0.39, 0.29) is 19.0 Å². The van der Waals surface area contributed by atoms with Crippen molar-refractivity contribution in [2.75, 3.05) is 26.7 Å². The summed E-state index contributed by atoms with van der Waals surface area (Å²) in [5, 5.41) is 8.80. The molecule has 1 N–H and O–H groups in total. The van der Waals surface area contributed by atoms with Gasteiger partial charge in [-0.1, -0.05) is 11.6 Å². The van der Waals surface area contributed by atoms with Crippen molar-refractivity contribution in [2.45, 2.75) is 25.4 Å². The normalized spacial score (nSPS) is 17.1. The number of likely N-dealkylation sites (N-methyl/N-ethyl adjacent to an activating group) is 1. The van der Waals surface area contributed by atoms with Crippen LogP contribution in [0, 0.1) is 0 Å². The van der Waals surface area contributed by atoms with E-state index in [1.165, 1.54) is 4.88 Å². The summed E-state index contributed by atoms with van der Waals surface area (Å²) in [6, 6.07) is 4.41. The molecule has 2 rings (SSSR count). The molecule has 0 aliphatic carbocycles. The quantitative estimate of drug-likeness (QED) is 0.896. The molecule has 0 aromatic carbocycles. The highest BCUT2D eigenvalue weighted by atomic mass is 35.5. The number of aliphatic carboxylic acids is 1. The second-order valence-corrected chi connectivity index (χ2v) is 6.82. The molecule has 1 aromatic heterocycles. The molecule has 0 bridgehead atoms. The van der Waals surface area contributed by atoms with Crippen LogP contribution in [-0.2, 0) is 11.3 Å². The third-order valence-electron chi connectivity index (χ3n) is 3.57. The average Bonchev–Trinajstić information content (AvgIpc) is 2.75. The second-order valence-electron chi connectivity index (χ2n) is 5.02. The molecule has 1 aliphatic rings. The molecule has 0 amide bonds. The Morgan fingerprint density at radius 2 is 2.15 bits per heavy atom. The lowest BCUT2D eigenvalue weighted by Crippen LogP contribution is -2.44. The van der Waals surface area contributed by atoms with Crippen LogP contribution in [0.2, 0.25) is 4.34 Å². The van der Waals surface area contributed by atoms with E-state index in [0.29, 0.717) is 6.04 Å². The Labute approximate surface area is 134 Å². The first-order valence-electron chi connectivity index (χ1n) is 6.43. The Morgan fingerprint density at radius 3 is 2.65 bits per heavy atom. The number of likely N-dealkylation sites (tertiary alicyclic amines) is 1. The van der Waals surface area contributed by atoms with Gasteiger partial charge in [0.05, 0.1) is 10.9 Å². The maximum atomic E-state index is 10.7. The van der Waals surface area contributed by atoms with Crippen LogP contribution in [0.3, 0.4) is 0 Å². The maximum absolute atomic E-state index is 10.7. The van der Waals surface area contributed by atoms with Crippen molar-refractivity contribution < 1.29 is 9.90 Å². The number of carbonyl (C=O) groups is 1. The average molecular weight is 339 g/mol. The van der Waals surface area contributed by atoms with E-state index in [4.69, 9.17) is 16.7 Å². The number of thiophene rings is 1. The molecule has 1 aliphatic heterocycles. The van der Waals surface area contributed by atoms with E-state index in [1.807, 2.05) is 18.0 Å². The minimum Gasteiger partial charge on any atom is -0.480 e. The summed E-state index contributed by atoms with van der Waals surface area (Å²) in [6.45, 7) is 3.12. The van der Waals surface area contributed by atoms with E-state index in [9.17, 15) is 4.79 Å². The van der Waals surface area contributed by atoms with E-state index < -0.39 is 5.97 Å². The summed E-state index contributed by atoms with van der Waals surface area (Å²) in [5.74, 6) is -0.752. The maximum Gasteiger partial charge on any atom is 0.317 e. The first-order valence-corrected chi connectivity index (χ1v) is 7.62. The molecule has 114 valence electrons. The van der Waals surface area contributed by atoms with E-state index in [2.05, 4.69) is 11.0 Å². The SMILES string of the molecule is CN(CC(=O)O)C1CCN(Cc2ccc(Cl)s2)CC1.Cl. The van der Waals surface area contributed by atoms with Crippen LogP contribution in [0.4, 0.5) is 0 Å². The number of nitrogens with zero attached hydrogens (tertiary/aromatic N) is 2. The number of halogens is 2. The largest absolute Gasteiger partial charge is 0.480 e. The van der Waals surface area contributed by atoms with Gasteiger partial charge in [-0.25, -0.2) is 0 Å². The lowest BCUT2D eigenvalue weighted by Gasteiger charge is -2.35. The summed E-state index contributed by atoms with van der Waals surface area (Å²) in [4.78, 5) is 16.3. The molecule has 1 aromatic rings. The first-order chi connectivity index (χ1) is 9.04. The predicted octanol–water partition coefficient (Wildman–Crippen LogP) is 2.80. The fraction of sp³-hybridized carbons (Fsp3) is 0.615. The molecule has 4 nitrogen and oxygen atoms in total. The zero-order valence-corrected chi connectivity index (χ0v) is 13.8. The molecule has 0 saturated carbocycles. The van der Waals surface area contributed by atoms with E-state index >= 15 is 0 Å². The number of rotatable bonds is 5. The van der Waals surface area contributed by atoms with Crippen LogP contribution in [-0.4, -0.2) is 53.6 Å². The van der Waals surface area contributed by atoms with Crippen molar-refractivity contribution in [1.82, 2.24) is 9.80 Å². The van der Waals surface area contributed by atoms with Gasteiger partial charge in [0, 0.05) is 30.6 Å². The molecular formula is C13H20Cl2N2O2S. The van der Waals surface area contributed by atoms with Crippen molar-refractivity contribution in [2.24, 2.45) is 0 Å². The monoisotopic (exact) mass is 338 g/mol. The van der Waals surface area contributed by atoms with Gasteiger partial charge in [0.25, 0.3) is 0 Å². The van der Waals surface area contributed by atoms with Crippen LogP contribution >= 0.6 is 35.3 Å². The Balaban J connectivity index is 0.00000200. The van der Waals surface area contributed by atoms with Gasteiger partial charge in [-0.2, -0.15) is 0 Å². The van der Waals surface area contributed by atoms with Crippen LogP contribution < -0.4 is 0 Å². The molecule has 1 fully saturated rings. The number of hydrogen-bond donors (Lipinski definition) is 1. The molecule has 20 heavy (non-hydrogen) atoms. The number of carboxylic acids is 1. The Kier molecular flexibility index (Phi) is 7.26. The van der Waals surface area contributed by atoms with Crippen molar-refractivity contribution in [1.29, 1.82) is 0 Å². The van der Waals surface area contributed by atoms with Gasteiger partial charge in [0.15, 0.2) is 0 Å². The van der Waals surface area contributed by atoms with Crippen LogP contribution in [0.1, 0.15) is 17.7 Å². The third kappa shape index (κ3) is 5.22. The smallest absolute Gasteiger partial charge is 0.317 e. The lowest BCUT2D eigenvalue weighted by molar-refractivity contribution is -0.138. The summed E-state index contributed by atoms with van der Waals surface area (Å²) in [5.41, 5.74) is 0. The summed E-state index contributed by atoms with van der Waals surface area (Å²) < 4.78 is 0.839. The van der Waals surface area contributed by atoms with Gasteiger partial charge >= 0.3 is 5.97 Å². The van der Waals surface area contributed by atoms with Crippen molar-refractivity contribution in [3.05, 3.63) is 21.3 Å². The second kappa shape index (κ2) is 8.20. The molecule has 2 heterocycles. The standard InChI is InChI=1S/C13H19ClN2O2S.ClH/c1-15(9-13(17)18)10-4-6-16(7-5-10)8-11-2-3-12(14)19-11;/h2-3,10H,4-9H2,1H3,(H,17,18);1H. The summed E-state index contributed by atoms with van der Waals surface area (Å²) >= 11 is 7.56. The fourth-order valence-electron chi connectivity index (χ4n) is 2.52. The summed E-state index contributed by atoms with van der Waals surface area (Å²) in [6.07, 6.45) is 2.06. The Bertz CT molecular complexity index is 434. The number of piperidine rings is 1. The summed E-state index contributed by atoms with van der Waals surface area (Å²) in [7, 11) is 1.90. The van der Waals surface area contributed by atoms with E-state index in [1.54, 1.807) is 11.3 Å². The Hall–Kier alpha value is -0.330. The van der Waals surface area contributed by atoms with Gasteiger partial charge in [0.2, 0.25) is 0 Å². The van der Waals surface area contributed by atoms with Gasteiger partial charge in [0.1, 0.15) is 0 Å². The highest BCUT2D eigenvalue weighted by molar-refractivity contribution is 7.16. The van der Waals surface area contributed by atoms with Crippen molar-refractivity contribution in [3.63, 3.8) is 0 Å². The third-order valence-corrected chi connectivity index (χ3v) is 4.79. The molecule has 0 spiro atoms. The molecular weight excluding hydrogens is 319 g/mol. The van der Waals surface area contributed by atoms with Crippen molar-refractivity contribution in [3.8, 4) is 0 Å². The minimum atomic E-state index is -0.752. The van der Waals surface area contributed by atoms with Crippen LogP contribution in [0.15, 0.2) is 12.1 Å². The highest BCUT2D eigenvalue weighted by Crippen LogP contribution is 2.24.